The van der Waals surface area contributed by atoms with Crippen molar-refractivity contribution in [3.8, 4) is 0 Å². The molecule has 80 valence electrons. The summed E-state index contributed by atoms with van der Waals surface area (Å²) in [5.41, 5.74) is -0.878. The fourth-order valence-electron chi connectivity index (χ4n) is 1.84. The van der Waals surface area contributed by atoms with Crippen molar-refractivity contribution < 1.29 is 10.2 Å². The van der Waals surface area contributed by atoms with Gasteiger partial charge in [0.25, 0.3) is 0 Å². The first-order valence-corrected chi connectivity index (χ1v) is 5.46. The van der Waals surface area contributed by atoms with Crippen molar-refractivity contribution in [1.82, 2.24) is 0 Å². The van der Waals surface area contributed by atoms with Crippen LogP contribution in [0, 0.1) is 5.92 Å². The average Bonchev–Trinajstić information content (AvgIpc) is 2.18. The zero-order chi connectivity index (χ0) is 10.5. The average molecular weight is 188 g/mol. The van der Waals surface area contributed by atoms with E-state index in [2.05, 4.69) is 13.8 Å². The van der Waals surface area contributed by atoms with Crippen LogP contribution in [0.25, 0.3) is 0 Å². The second-order valence-electron chi connectivity index (χ2n) is 3.83. The number of hydrogen-bond donors (Lipinski definition) is 2. The SMILES string of the molecule is CCC(CC)C(O)C(O)(CC)CC. The van der Waals surface area contributed by atoms with Crippen molar-refractivity contribution >= 4 is 0 Å². The molecule has 0 aromatic heterocycles. The zero-order valence-corrected chi connectivity index (χ0v) is 9.38. The molecule has 0 bridgehead atoms. The predicted molar refractivity (Wildman–Crippen MR) is 55.6 cm³/mol. The molecule has 1 unspecified atom stereocenters. The molecular weight excluding hydrogens is 164 g/mol. The van der Waals surface area contributed by atoms with Crippen LogP contribution in [-0.2, 0) is 0 Å². The van der Waals surface area contributed by atoms with E-state index in [4.69, 9.17) is 0 Å². The van der Waals surface area contributed by atoms with Crippen LogP contribution in [-0.4, -0.2) is 21.9 Å². The van der Waals surface area contributed by atoms with Gasteiger partial charge in [0.05, 0.1) is 11.7 Å². The normalized spacial score (nSPS) is 15.0. The van der Waals surface area contributed by atoms with Crippen molar-refractivity contribution in [2.75, 3.05) is 0 Å². The van der Waals surface area contributed by atoms with Crippen molar-refractivity contribution in [1.29, 1.82) is 0 Å². The summed E-state index contributed by atoms with van der Waals surface area (Å²) >= 11 is 0. The number of aliphatic hydroxyl groups is 2. The Labute approximate surface area is 82.0 Å². The first-order chi connectivity index (χ1) is 6.05. The largest absolute Gasteiger partial charge is 0.390 e. The predicted octanol–water partition coefficient (Wildman–Crippen LogP) is 2.33. The van der Waals surface area contributed by atoms with E-state index in [-0.39, 0.29) is 5.92 Å². The lowest BCUT2D eigenvalue weighted by Crippen LogP contribution is -2.45. The molecule has 0 aliphatic rings. The van der Waals surface area contributed by atoms with Gasteiger partial charge < -0.3 is 10.2 Å². The van der Waals surface area contributed by atoms with E-state index in [1.807, 2.05) is 13.8 Å². The summed E-state index contributed by atoms with van der Waals surface area (Å²) in [7, 11) is 0. The van der Waals surface area contributed by atoms with Crippen molar-refractivity contribution in [3.05, 3.63) is 0 Å². The Bertz CT molecular complexity index is 126. The molecular formula is C11H24O2. The van der Waals surface area contributed by atoms with Crippen molar-refractivity contribution in [3.63, 3.8) is 0 Å². The third kappa shape index (κ3) is 2.96. The van der Waals surface area contributed by atoms with Gasteiger partial charge in [-0.25, -0.2) is 0 Å². The van der Waals surface area contributed by atoms with Crippen LogP contribution in [0.2, 0.25) is 0 Å². The van der Waals surface area contributed by atoms with E-state index in [1.165, 1.54) is 0 Å². The number of rotatable bonds is 6. The molecule has 0 rings (SSSR count). The summed E-state index contributed by atoms with van der Waals surface area (Å²) < 4.78 is 0. The van der Waals surface area contributed by atoms with Gasteiger partial charge in [-0.3, -0.25) is 0 Å². The fraction of sp³-hybridized carbons (Fsp3) is 1.00. The molecule has 0 saturated carbocycles. The molecule has 0 heterocycles. The molecule has 2 N–H and O–H groups in total. The molecule has 2 nitrogen and oxygen atoms in total. The lowest BCUT2D eigenvalue weighted by atomic mass is 9.81. The summed E-state index contributed by atoms with van der Waals surface area (Å²) in [6.07, 6.45) is 2.54. The van der Waals surface area contributed by atoms with Gasteiger partial charge in [-0.15, -0.1) is 0 Å². The van der Waals surface area contributed by atoms with E-state index < -0.39 is 11.7 Å². The first-order valence-electron chi connectivity index (χ1n) is 5.46. The molecule has 1 atom stereocenters. The maximum absolute atomic E-state index is 10.1. The van der Waals surface area contributed by atoms with Crippen molar-refractivity contribution in [2.45, 2.75) is 65.1 Å². The zero-order valence-electron chi connectivity index (χ0n) is 9.38. The summed E-state index contributed by atoms with van der Waals surface area (Å²) in [6, 6.07) is 0. The van der Waals surface area contributed by atoms with Crippen LogP contribution in [0.4, 0.5) is 0 Å². The van der Waals surface area contributed by atoms with Gasteiger partial charge >= 0.3 is 0 Å². The second kappa shape index (κ2) is 5.61. The molecule has 13 heavy (non-hydrogen) atoms. The highest BCUT2D eigenvalue weighted by atomic mass is 16.3. The molecule has 0 saturated heterocycles. The van der Waals surface area contributed by atoms with Gasteiger partial charge in [0, 0.05) is 0 Å². The Morgan fingerprint density at radius 2 is 1.38 bits per heavy atom. The molecule has 0 aromatic rings. The lowest BCUT2D eigenvalue weighted by molar-refractivity contribution is -0.106. The van der Waals surface area contributed by atoms with E-state index in [1.54, 1.807) is 0 Å². The first kappa shape index (κ1) is 12.9. The maximum atomic E-state index is 10.1. The Balaban J connectivity index is 4.42. The molecule has 0 fully saturated rings. The minimum Gasteiger partial charge on any atom is -0.390 e. The van der Waals surface area contributed by atoms with Crippen LogP contribution in [0.15, 0.2) is 0 Å². The fourth-order valence-corrected chi connectivity index (χ4v) is 1.84. The van der Waals surface area contributed by atoms with E-state index in [0.29, 0.717) is 12.8 Å². The number of aliphatic hydroxyl groups excluding tert-OH is 1. The lowest BCUT2D eigenvalue weighted by Gasteiger charge is -2.35. The highest BCUT2D eigenvalue weighted by molar-refractivity contribution is 4.87. The van der Waals surface area contributed by atoms with Crippen LogP contribution in [0.5, 0.6) is 0 Å². The monoisotopic (exact) mass is 188 g/mol. The molecule has 0 radical (unpaired) electrons. The van der Waals surface area contributed by atoms with Crippen LogP contribution >= 0.6 is 0 Å². The number of hydrogen-bond acceptors (Lipinski definition) is 2. The Morgan fingerprint density at radius 3 is 1.62 bits per heavy atom. The van der Waals surface area contributed by atoms with Crippen LogP contribution in [0.1, 0.15) is 53.4 Å². The quantitative estimate of drug-likeness (QED) is 0.671. The minimum atomic E-state index is -0.878. The van der Waals surface area contributed by atoms with Gasteiger partial charge in [0.1, 0.15) is 0 Å². The van der Waals surface area contributed by atoms with Crippen LogP contribution < -0.4 is 0 Å². The Hall–Kier alpha value is -0.0800. The minimum absolute atomic E-state index is 0.227. The topological polar surface area (TPSA) is 40.5 Å². The van der Waals surface area contributed by atoms with Gasteiger partial charge in [-0.1, -0.05) is 40.5 Å². The standard InChI is InChI=1S/C11H24O2/c1-5-9(6-2)10(12)11(13,7-3)8-4/h9-10,12-13H,5-8H2,1-4H3. The highest BCUT2D eigenvalue weighted by Gasteiger charge is 2.35. The van der Waals surface area contributed by atoms with Gasteiger partial charge in [0.15, 0.2) is 0 Å². The molecule has 0 aromatic carbocycles. The third-order valence-corrected chi connectivity index (χ3v) is 3.27. The maximum Gasteiger partial charge on any atom is 0.0902 e. The van der Waals surface area contributed by atoms with Crippen LogP contribution in [0.3, 0.4) is 0 Å². The highest BCUT2D eigenvalue weighted by Crippen LogP contribution is 2.28. The Morgan fingerprint density at radius 1 is 1.00 bits per heavy atom. The summed E-state index contributed by atoms with van der Waals surface area (Å²) in [4.78, 5) is 0. The molecule has 0 aliphatic heterocycles. The second-order valence-corrected chi connectivity index (χ2v) is 3.83. The molecule has 2 heteroatoms. The van der Waals surface area contributed by atoms with Gasteiger partial charge in [-0.05, 0) is 18.8 Å². The van der Waals surface area contributed by atoms with E-state index in [9.17, 15) is 10.2 Å². The van der Waals surface area contributed by atoms with Gasteiger partial charge in [0.2, 0.25) is 0 Å². The van der Waals surface area contributed by atoms with E-state index >= 15 is 0 Å². The summed E-state index contributed by atoms with van der Waals surface area (Å²) in [6.45, 7) is 7.97. The van der Waals surface area contributed by atoms with Gasteiger partial charge in [-0.2, -0.15) is 0 Å². The van der Waals surface area contributed by atoms with Crippen molar-refractivity contribution in [2.24, 2.45) is 5.92 Å². The summed E-state index contributed by atoms with van der Waals surface area (Å²) in [5, 5.41) is 20.1. The molecule has 0 spiro atoms. The smallest absolute Gasteiger partial charge is 0.0902 e. The summed E-state index contributed by atoms with van der Waals surface area (Å²) in [5.74, 6) is 0.227. The van der Waals surface area contributed by atoms with E-state index in [0.717, 1.165) is 12.8 Å². The molecule has 0 amide bonds. The Kier molecular flexibility index (Phi) is 5.57. The molecule has 0 aliphatic carbocycles. The third-order valence-electron chi connectivity index (χ3n) is 3.27.